The Kier molecular flexibility index (Phi) is 5.64. The van der Waals surface area contributed by atoms with Gasteiger partial charge in [-0.25, -0.2) is 4.98 Å². The largest absolute Gasteiger partial charge is 0.457 e. The summed E-state index contributed by atoms with van der Waals surface area (Å²) in [7, 11) is 0. The number of para-hydroxylation sites is 2. The molecule has 1 aromatic heterocycles. The molecular weight excluding hydrogens is 414 g/mol. The molecule has 1 aliphatic heterocycles. The number of fused-ring (bicyclic) bond motifs is 1. The third-order valence-electron chi connectivity index (χ3n) is 5.76. The van der Waals surface area contributed by atoms with Crippen molar-refractivity contribution in [2.75, 3.05) is 31.1 Å². The van der Waals surface area contributed by atoms with E-state index in [9.17, 15) is 4.79 Å². The van der Waals surface area contributed by atoms with Gasteiger partial charge in [-0.05, 0) is 61.0 Å². The van der Waals surface area contributed by atoms with Crippen LogP contribution >= 0.6 is 0 Å². The lowest BCUT2D eigenvalue weighted by atomic mass is 10.2. The highest BCUT2D eigenvalue weighted by molar-refractivity contribution is 5.94. The number of nitrogens with one attached hydrogen (secondary N) is 1. The van der Waals surface area contributed by atoms with E-state index < -0.39 is 0 Å². The molecule has 0 radical (unpaired) electrons. The lowest BCUT2D eigenvalue weighted by Crippen LogP contribution is -2.35. The average molecular weight is 438 g/mol. The predicted octanol–water partition coefficient (Wildman–Crippen LogP) is 4.58. The van der Waals surface area contributed by atoms with E-state index in [2.05, 4.69) is 16.0 Å². The Morgan fingerprint density at radius 3 is 2.61 bits per heavy atom. The minimum atomic E-state index is -0.00765. The quantitative estimate of drug-likeness (QED) is 0.505. The van der Waals surface area contributed by atoms with Crippen molar-refractivity contribution in [1.29, 1.82) is 5.26 Å². The van der Waals surface area contributed by atoms with Crippen molar-refractivity contribution in [3.8, 4) is 17.6 Å². The van der Waals surface area contributed by atoms with E-state index in [-0.39, 0.29) is 5.91 Å². The minimum absolute atomic E-state index is 0.00765. The fourth-order valence-corrected chi connectivity index (χ4v) is 4.03. The minimum Gasteiger partial charge on any atom is -0.457 e. The van der Waals surface area contributed by atoms with Crippen LogP contribution in [0.1, 0.15) is 22.3 Å². The number of carbonyl (C=O) groups is 1. The van der Waals surface area contributed by atoms with Crippen molar-refractivity contribution in [3.63, 3.8) is 0 Å². The van der Waals surface area contributed by atoms with Crippen molar-refractivity contribution in [2.45, 2.75) is 6.42 Å². The molecule has 0 aliphatic carbocycles. The topological polar surface area (TPSA) is 85.2 Å². The second-order valence-corrected chi connectivity index (χ2v) is 7.98. The van der Waals surface area contributed by atoms with Gasteiger partial charge in [-0.15, -0.1) is 0 Å². The van der Waals surface area contributed by atoms with Crippen LogP contribution in [0.4, 0.5) is 5.95 Å². The van der Waals surface area contributed by atoms with Gasteiger partial charge in [0, 0.05) is 31.7 Å². The molecule has 1 saturated heterocycles. The van der Waals surface area contributed by atoms with Crippen LogP contribution in [-0.4, -0.2) is 47.0 Å². The maximum absolute atomic E-state index is 13.2. The summed E-state index contributed by atoms with van der Waals surface area (Å²) in [4.78, 5) is 25.4. The van der Waals surface area contributed by atoms with Gasteiger partial charge in [0.05, 0.1) is 22.7 Å². The van der Waals surface area contributed by atoms with Crippen LogP contribution in [-0.2, 0) is 0 Å². The maximum atomic E-state index is 13.2. The molecule has 164 valence electrons. The number of anilines is 1. The molecule has 0 atom stereocenters. The highest BCUT2D eigenvalue weighted by atomic mass is 16.5. The molecular formula is C26H23N5O2. The molecule has 0 spiro atoms. The number of nitriles is 1. The third kappa shape index (κ3) is 4.51. The predicted molar refractivity (Wildman–Crippen MR) is 127 cm³/mol. The van der Waals surface area contributed by atoms with Gasteiger partial charge in [0.15, 0.2) is 0 Å². The molecule has 2 heterocycles. The zero-order valence-corrected chi connectivity index (χ0v) is 18.1. The van der Waals surface area contributed by atoms with Gasteiger partial charge in [-0.2, -0.15) is 5.26 Å². The molecule has 1 fully saturated rings. The number of ether oxygens (including phenoxy) is 1. The van der Waals surface area contributed by atoms with Gasteiger partial charge in [0.2, 0.25) is 5.95 Å². The molecule has 1 N–H and O–H groups in total. The first kappa shape index (κ1) is 20.6. The van der Waals surface area contributed by atoms with Crippen LogP contribution in [0.25, 0.3) is 11.0 Å². The monoisotopic (exact) mass is 437 g/mol. The lowest BCUT2D eigenvalue weighted by molar-refractivity contribution is 0.0766. The van der Waals surface area contributed by atoms with Crippen LogP contribution in [0.15, 0.2) is 72.8 Å². The molecule has 4 aromatic rings. The molecule has 5 rings (SSSR count). The first-order chi connectivity index (χ1) is 16.2. The number of aromatic amines is 1. The van der Waals surface area contributed by atoms with E-state index in [1.165, 1.54) is 0 Å². The normalized spacial score (nSPS) is 14.0. The van der Waals surface area contributed by atoms with E-state index in [1.807, 2.05) is 47.4 Å². The average Bonchev–Trinajstić information content (AvgIpc) is 3.14. The van der Waals surface area contributed by atoms with Crippen molar-refractivity contribution in [2.24, 2.45) is 0 Å². The maximum Gasteiger partial charge on any atom is 0.254 e. The molecule has 33 heavy (non-hydrogen) atoms. The van der Waals surface area contributed by atoms with E-state index in [4.69, 9.17) is 15.0 Å². The molecule has 7 nitrogen and oxygen atoms in total. The lowest BCUT2D eigenvalue weighted by Gasteiger charge is -2.22. The van der Waals surface area contributed by atoms with E-state index >= 15 is 0 Å². The van der Waals surface area contributed by atoms with E-state index in [1.54, 1.807) is 30.3 Å². The Morgan fingerprint density at radius 2 is 1.79 bits per heavy atom. The van der Waals surface area contributed by atoms with Crippen molar-refractivity contribution >= 4 is 22.9 Å². The summed E-state index contributed by atoms with van der Waals surface area (Å²) in [5, 5.41) is 8.93. The van der Waals surface area contributed by atoms with Crippen LogP contribution in [0.3, 0.4) is 0 Å². The molecule has 0 unspecified atom stereocenters. The number of hydrogen-bond donors (Lipinski definition) is 1. The Morgan fingerprint density at radius 1 is 0.939 bits per heavy atom. The van der Waals surface area contributed by atoms with Gasteiger partial charge >= 0.3 is 0 Å². The highest BCUT2D eigenvalue weighted by Crippen LogP contribution is 2.24. The number of benzene rings is 3. The summed E-state index contributed by atoms with van der Waals surface area (Å²) in [6.07, 6.45) is 0.865. The Bertz CT molecular complexity index is 1290. The Balaban J connectivity index is 1.26. The Hall–Kier alpha value is -4.31. The Labute approximate surface area is 191 Å². The summed E-state index contributed by atoms with van der Waals surface area (Å²) in [6.45, 7) is 2.87. The zero-order chi connectivity index (χ0) is 22.6. The number of carbonyl (C=O) groups excluding carboxylic acids is 1. The summed E-state index contributed by atoms with van der Waals surface area (Å²) in [5.74, 6) is 2.05. The number of nitrogens with zero attached hydrogens (tertiary/aromatic N) is 4. The number of H-pyrrole nitrogens is 1. The fraction of sp³-hybridized carbons (Fsp3) is 0.192. The van der Waals surface area contributed by atoms with Gasteiger partial charge in [0.25, 0.3) is 5.91 Å². The highest BCUT2D eigenvalue weighted by Gasteiger charge is 2.22. The summed E-state index contributed by atoms with van der Waals surface area (Å²) in [6, 6.07) is 24.2. The molecule has 1 amide bonds. The summed E-state index contributed by atoms with van der Waals surface area (Å²) in [5.41, 5.74) is 3.13. The summed E-state index contributed by atoms with van der Waals surface area (Å²) >= 11 is 0. The first-order valence-corrected chi connectivity index (χ1v) is 11.0. The van der Waals surface area contributed by atoms with E-state index in [0.29, 0.717) is 42.3 Å². The van der Waals surface area contributed by atoms with Gasteiger partial charge in [0.1, 0.15) is 11.5 Å². The molecule has 0 bridgehead atoms. The summed E-state index contributed by atoms with van der Waals surface area (Å²) < 4.78 is 5.88. The zero-order valence-electron chi connectivity index (χ0n) is 18.1. The molecule has 3 aromatic carbocycles. The van der Waals surface area contributed by atoms with Crippen molar-refractivity contribution in [3.05, 3.63) is 83.9 Å². The molecule has 1 aliphatic rings. The number of hydrogen-bond acceptors (Lipinski definition) is 5. The van der Waals surface area contributed by atoms with Crippen LogP contribution in [0.5, 0.6) is 11.5 Å². The molecule has 7 heteroatoms. The van der Waals surface area contributed by atoms with Crippen LogP contribution < -0.4 is 9.64 Å². The number of aromatic nitrogens is 2. The fourth-order valence-electron chi connectivity index (χ4n) is 4.03. The van der Waals surface area contributed by atoms with Crippen molar-refractivity contribution < 1.29 is 9.53 Å². The standard InChI is InChI=1S/C26H23N5O2/c27-18-19-9-11-21(12-10-19)33-22-6-3-5-20(17-22)25(32)30-13-4-14-31(16-15-30)26-28-23-7-1-2-8-24(23)29-26/h1-3,5-12,17H,4,13-16H2,(H,28,29). The number of amides is 1. The van der Waals surface area contributed by atoms with Crippen LogP contribution in [0.2, 0.25) is 0 Å². The third-order valence-corrected chi connectivity index (χ3v) is 5.76. The van der Waals surface area contributed by atoms with Crippen LogP contribution in [0, 0.1) is 11.3 Å². The van der Waals surface area contributed by atoms with Gasteiger partial charge in [-0.3, -0.25) is 4.79 Å². The van der Waals surface area contributed by atoms with Crippen molar-refractivity contribution in [1.82, 2.24) is 14.9 Å². The smallest absolute Gasteiger partial charge is 0.254 e. The number of rotatable bonds is 4. The molecule has 0 saturated carbocycles. The number of imidazole rings is 1. The van der Waals surface area contributed by atoms with E-state index in [0.717, 1.165) is 29.9 Å². The SMILES string of the molecule is N#Cc1ccc(Oc2cccc(C(=O)N3CCCN(c4nc5ccccc5[nH]4)CC3)c2)cc1. The van der Waals surface area contributed by atoms with Gasteiger partial charge in [-0.1, -0.05) is 18.2 Å². The first-order valence-electron chi connectivity index (χ1n) is 11.0. The second kappa shape index (κ2) is 9.05. The van der Waals surface area contributed by atoms with Gasteiger partial charge < -0.3 is 19.5 Å². The second-order valence-electron chi connectivity index (χ2n) is 7.98.